The second-order valence-corrected chi connectivity index (χ2v) is 4.33. The molecular weight excluding hydrogens is 244 g/mol. The summed E-state index contributed by atoms with van der Waals surface area (Å²) in [4.78, 5) is 4.19. The Labute approximate surface area is 112 Å². The topological polar surface area (TPSA) is 38.4 Å². The summed E-state index contributed by atoms with van der Waals surface area (Å²) in [5, 5.41) is 0. The van der Waals surface area contributed by atoms with E-state index >= 15 is 0 Å². The first-order valence-corrected chi connectivity index (χ1v) is 6.33. The molecule has 18 heavy (non-hydrogen) atoms. The lowest BCUT2D eigenvalue weighted by atomic mass is 10.1. The van der Waals surface area contributed by atoms with Gasteiger partial charge in [0.1, 0.15) is 5.84 Å². The Balaban J connectivity index is 2.09. The van der Waals surface area contributed by atoms with E-state index in [0.29, 0.717) is 5.84 Å². The van der Waals surface area contributed by atoms with E-state index in [1.165, 1.54) is 11.1 Å². The molecule has 0 radical (unpaired) electrons. The summed E-state index contributed by atoms with van der Waals surface area (Å²) in [7, 11) is 0. The SMILES string of the molecule is NC(CCl)=Nc1ccc(Cc2ccccc2)cc1. The number of hydrogen-bond donors (Lipinski definition) is 1. The molecular formula is C15H15ClN2. The highest BCUT2D eigenvalue weighted by molar-refractivity contribution is 6.28. The third-order valence-corrected chi connectivity index (χ3v) is 2.87. The number of alkyl halides is 1. The van der Waals surface area contributed by atoms with Gasteiger partial charge in [0, 0.05) is 0 Å². The number of halogens is 1. The highest BCUT2D eigenvalue weighted by atomic mass is 35.5. The van der Waals surface area contributed by atoms with Crippen molar-refractivity contribution in [2.75, 3.05) is 5.88 Å². The number of hydrogen-bond acceptors (Lipinski definition) is 1. The predicted octanol–water partition coefficient (Wildman–Crippen LogP) is 3.50. The average Bonchev–Trinajstić information content (AvgIpc) is 2.42. The number of nitrogens with zero attached hydrogens (tertiary/aromatic N) is 1. The van der Waals surface area contributed by atoms with Gasteiger partial charge in [-0.3, -0.25) is 0 Å². The van der Waals surface area contributed by atoms with Crippen molar-refractivity contribution in [3.05, 3.63) is 65.7 Å². The molecule has 0 amide bonds. The Morgan fingerprint density at radius 2 is 1.56 bits per heavy atom. The third kappa shape index (κ3) is 3.60. The minimum Gasteiger partial charge on any atom is -0.386 e. The molecule has 0 atom stereocenters. The molecule has 92 valence electrons. The standard InChI is InChI=1S/C15H15ClN2/c16-11-15(17)18-14-8-6-13(7-9-14)10-12-4-2-1-3-5-12/h1-9H,10-11H2,(H2,17,18). The van der Waals surface area contributed by atoms with E-state index in [1.807, 2.05) is 18.2 Å². The van der Waals surface area contributed by atoms with Crippen LogP contribution in [-0.4, -0.2) is 11.7 Å². The lowest BCUT2D eigenvalue weighted by molar-refractivity contribution is 1.19. The number of nitrogens with two attached hydrogens (primary N) is 1. The van der Waals surface area contributed by atoms with Crippen molar-refractivity contribution in [3.8, 4) is 0 Å². The zero-order valence-corrected chi connectivity index (χ0v) is 10.8. The van der Waals surface area contributed by atoms with Gasteiger partial charge in [0.15, 0.2) is 0 Å². The summed E-state index contributed by atoms with van der Waals surface area (Å²) in [6, 6.07) is 18.4. The lowest BCUT2D eigenvalue weighted by Crippen LogP contribution is -2.12. The van der Waals surface area contributed by atoms with E-state index in [4.69, 9.17) is 17.3 Å². The molecule has 0 aliphatic rings. The highest BCUT2D eigenvalue weighted by Gasteiger charge is 1.97. The van der Waals surface area contributed by atoms with Gasteiger partial charge >= 0.3 is 0 Å². The zero-order valence-electron chi connectivity index (χ0n) is 10.0. The van der Waals surface area contributed by atoms with E-state index in [-0.39, 0.29) is 5.88 Å². The largest absolute Gasteiger partial charge is 0.386 e. The molecule has 2 nitrogen and oxygen atoms in total. The van der Waals surface area contributed by atoms with Crippen LogP contribution in [0.3, 0.4) is 0 Å². The Morgan fingerprint density at radius 3 is 2.17 bits per heavy atom. The van der Waals surface area contributed by atoms with Crippen LogP contribution in [0.5, 0.6) is 0 Å². The summed E-state index contributed by atoms with van der Waals surface area (Å²) in [5.41, 5.74) is 8.98. The first-order valence-electron chi connectivity index (χ1n) is 5.80. The van der Waals surface area contributed by atoms with Gasteiger partial charge in [0.25, 0.3) is 0 Å². The summed E-state index contributed by atoms with van der Waals surface area (Å²) in [6.45, 7) is 0. The fourth-order valence-corrected chi connectivity index (χ4v) is 1.78. The van der Waals surface area contributed by atoms with Gasteiger partial charge in [0.05, 0.1) is 11.6 Å². The Hall–Kier alpha value is -1.80. The van der Waals surface area contributed by atoms with Crippen LogP contribution in [0.15, 0.2) is 59.6 Å². The lowest BCUT2D eigenvalue weighted by Gasteiger charge is -2.02. The second-order valence-electron chi connectivity index (χ2n) is 4.07. The maximum absolute atomic E-state index is 5.58. The molecule has 0 spiro atoms. The minimum atomic E-state index is 0.256. The van der Waals surface area contributed by atoms with Gasteiger partial charge in [-0.05, 0) is 29.7 Å². The van der Waals surface area contributed by atoms with Crippen LogP contribution in [0.1, 0.15) is 11.1 Å². The van der Waals surface area contributed by atoms with E-state index in [0.717, 1.165) is 12.1 Å². The molecule has 0 aliphatic carbocycles. The summed E-state index contributed by atoms with van der Waals surface area (Å²) in [6.07, 6.45) is 0.926. The molecule has 0 bridgehead atoms. The van der Waals surface area contributed by atoms with Gasteiger partial charge in [-0.15, -0.1) is 11.6 Å². The van der Waals surface area contributed by atoms with Crippen LogP contribution in [0.2, 0.25) is 0 Å². The Bertz CT molecular complexity index is 518. The summed E-state index contributed by atoms with van der Waals surface area (Å²) < 4.78 is 0. The summed E-state index contributed by atoms with van der Waals surface area (Å²) in [5.74, 6) is 0.693. The van der Waals surface area contributed by atoms with Crippen LogP contribution < -0.4 is 5.73 Å². The smallest absolute Gasteiger partial charge is 0.115 e. The van der Waals surface area contributed by atoms with Gasteiger partial charge in [0.2, 0.25) is 0 Å². The number of amidine groups is 1. The number of rotatable bonds is 4. The molecule has 2 N–H and O–H groups in total. The molecule has 0 heterocycles. The van der Waals surface area contributed by atoms with Crippen molar-refractivity contribution < 1.29 is 0 Å². The fraction of sp³-hybridized carbons (Fsp3) is 0.133. The van der Waals surface area contributed by atoms with Crippen LogP contribution in [0.25, 0.3) is 0 Å². The quantitative estimate of drug-likeness (QED) is 0.509. The molecule has 0 fully saturated rings. The molecule has 3 heteroatoms. The fourth-order valence-electron chi connectivity index (χ4n) is 1.72. The first-order chi connectivity index (χ1) is 8.78. The van der Waals surface area contributed by atoms with E-state index < -0.39 is 0 Å². The Morgan fingerprint density at radius 1 is 0.944 bits per heavy atom. The van der Waals surface area contributed by atoms with Crippen molar-refractivity contribution in [1.82, 2.24) is 0 Å². The van der Waals surface area contributed by atoms with Crippen molar-refractivity contribution in [3.63, 3.8) is 0 Å². The molecule has 0 aromatic heterocycles. The van der Waals surface area contributed by atoms with Gasteiger partial charge < -0.3 is 5.73 Å². The average molecular weight is 259 g/mol. The predicted molar refractivity (Wildman–Crippen MR) is 77.7 cm³/mol. The maximum Gasteiger partial charge on any atom is 0.115 e. The van der Waals surface area contributed by atoms with E-state index in [9.17, 15) is 0 Å². The monoisotopic (exact) mass is 258 g/mol. The third-order valence-electron chi connectivity index (χ3n) is 2.60. The normalized spacial score (nSPS) is 11.5. The van der Waals surface area contributed by atoms with Gasteiger partial charge in [-0.1, -0.05) is 42.5 Å². The van der Waals surface area contributed by atoms with E-state index in [1.54, 1.807) is 0 Å². The number of benzene rings is 2. The van der Waals surface area contributed by atoms with Gasteiger partial charge in [-0.2, -0.15) is 0 Å². The molecule has 0 saturated carbocycles. The maximum atomic E-state index is 5.58. The van der Waals surface area contributed by atoms with Gasteiger partial charge in [-0.25, -0.2) is 4.99 Å². The summed E-state index contributed by atoms with van der Waals surface area (Å²) >= 11 is 5.58. The minimum absolute atomic E-state index is 0.256. The van der Waals surface area contributed by atoms with Crippen LogP contribution in [-0.2, 0) is 6.42 Å². The molecule has 2 aromatic rings. The van der Waals surface area contributed by atoms with Crippen molar-refractivity contribution in [2.24, 2.45) is 10.7 Å². The second kappa shape index (κ2) is 6.22. The molecule has 0 aliphatic heterocycles. The molecule has 2 aromatic carbocycles. The van der Waals surface area contributed by atoms with Crippen molar-refractivity contribution in [1.29, 1.82) is 0 Å². The molecule has 2 rings (SSSR count). The Kier molecular flexibility index (Phi) is 4.37. The number of aliphatic imine (C=N–C) groups is 1. The van der Waals surface area contributed by atoms with Crippen molar-refractivity contribution >= 4 is 23.1 Å². The van der Waals surface area contributed by atoms with Crippen molar-refractivity contribution in [2.45, 2.75) is 6.42 Å². The molecule has 0 saturated heterocycles. The van der Waals surface area contributed by atoms with Crippen LogP contribution in [0, 0.1) is 0 Å². The van der Waals surface area contributed by atoms with Crippen LogP contribution >= 0.6 is 11.6 Å². The highest BCUT2D eigenvalue weighted by Crippen LogP contribution is 2.15. The van der Waals surface area contributed by atoms with Crippen LogP contribution in [0.4, 0.5) is 5.69 Å². The zero-order chi connectivity index (χ0) is 12.8. The van der Waals surface area contributed by atoms with E-state index in [2.05, 4.69) is 41.4 Å². The molecule has 0 unspecified atom stereocenters. The first kappa shape index (κ1) is 12.7.